The molecule has 60 valence electrons. The van der Waals surface area contributed by atoms with Crippen molar-refractivity contribution in [3.63, 3.8) is 0 Å². The van der Waals surface area contributed by atoms with Gasteiger partial charge in [-0.3, -0.25) is 0 Å². The summed E-state index contributed by atoms with van der Waals surface area (Å²) < 4.78 is 1.97. The van der Waals surface area contributed by atoms with Crippen molar-refractivity contribution in [2.45, 2.75) is 20.8 Å². The van der Waals surface area contributed by atoms with Crippen LogP contribution in [-0.4, -0.2) is 9.55 Å². The van der Waals surface area contributed by atoms with E-state index in [0.29, 0.717) is 5.82 Å². The van der Waals surface area contributed by atoms with Gasteiger partial charge in [0, 0.05) is 5.70 Å². The van der Waals surface area contributed by atoms with E-state index in [-0.39, 0.29) is 0 Å². The van der Waals surface area contributed by atoms with Crippen LogP contribution >= 0.6 is 0 Å². The van der Waals surface area contributed by atoms with Gasteiger partial charge in [0.05, 0.1) is 6.20 Å². The van der Waals surface area contributed by atoms with Crippen molar-refractivity contribution in [2.75, 3.05) is 5.73 Å². The Hall–Kier alpha value is -1.25. The molecule has 1 rings (SSSR count). The number of nitrogens with zero attached hydrogens (tertiary/aromatic N) is 2. The van der Waals surface area contributed by atoms with Crippen molar-refractivity contribution in [1.29, 1.82) is 0 Å². The van der Waals surface area contributed by atoms with E-state index in [2.05, 4.69) is 4.98 Å². The van der Waals surface area contributed by atoms with E-state index in [0.717, 1.165) is 11.5 Å². The molecule has 0 fully saturated rings. The SMILES string of the molecule is CC=C(C)n1cc(N)nc1C. The van der Waals surface area contributed by atoms with Gasteiger partial charge in [-0.05, 0) is 20.8 Å². The normalized spacial score (nSPS) is 12.1. The number of allylic oxidation sites excluding steroid dienone is 2. The van der Waals surface area contributed by atoms with Gasteiger partial charge in [0.25, 0.3) is 0 Å². The van der Waals surface area contributed by atoms with Crippen LogP contribution in [0, 0.1) is 6.92 Å². The fourth-order valence-corrected chi connectivity index (χ4v) is 0.991. The number of nitrogen functional groups attached to an aromatic ring is 1. The van der Waals surface area contributed by atoms with E-state index in [1.807, 2.05) is 37.6 Å². The van der Waals surface area contributed by atoms with Crippen LogP contribution in [0.1, 0.15) is 19.7 Å². The number of hydrogen-bond donors (Lipinski definition) is 1. The van der Waals surface area contributed by atoms with Crippen molar-refractivity contribution < 1.29 is 0 Å². The summed E-state index contributed by atoms with van der Waals surface area (Å²) in [5.74, 6) is 1.50. The number of rotatable bonds is 1. The Kier molecular flexibility index (Phi) is 1.98. The highest BCUT2D eigenvalue weighted by atomic mass is 15.1. The Balaban J connectivity index is 3.13. The summed E-state index contributed by atoms with van der Waals surface area (Å²) in [7, 11) is 0. The fourth-order valence-electron chi connectivity index (χ4n) is 0.991. The van der Waals surface area contributed by atoms with E-state index in [4.69, 9.17) is 5.73 Å². The van der Waals surface area contributed by atoms with Crippen LogP contribution in [0.25, 0.3) is 5.70 Å². The fraction of sp³-hybridized carbons (Fsp3) is 0.375. The van der Waals surface area contributed by atoms with Crippen LogP contribution in [0.15, 0.2) is 12.3 Å². The largest absolute Gasteiger partial charge is 0.382 e. The molecule has 0 saturated carbocycles. The minimum atomic E-state index is 0.573. The number of hydrogen-bond acceptors (Lipinski definition) is 2. The highest BCUT2D eigenvalue weighted by Crippen LogP contribution is 2.10. The van der Waals surface area contributed by atoms with Gasteiger partial charge in [0.1, 0.15) is 11.6 Å². The molecule has 11 heavy (non-hydrogen) atoms. The first-order chi connectivity index (χ1) is 5.15. The molecule has 0 unspecified atom stereocenters. The molecule has 0 saturated heterocycles. The highest BCUT2D eigenvalue weighted by Gasteiger charge is 2.00. The van der Waals surface area contributed by atoms with E-state index in [1.54, 1.807) is 0 Å². The number of aryl methyl sites for hydroxylation is 1. The summed E-state index contributed by atoms with van der Waals surface area (Å²) in [5, 5.41) is 0. The van der Waals surface area contributed by atoms with Gasteiger partial charge in [-0.15, -0.1) is 0 Å². The summed E-state index contributed by atoms with van der Waals surface area (Å²) in [4.78, 5) is 4.08. The Bertz CT molecular complexity index is 284. The van der Waals surface area contributed by atoms with Gasteiger partial charge in [0.15, 0.2) is 0 Å². The van der Waals surface area contributed by atoms with Gasteiger partial charge >= 0.3 is 0 Å². The Morgan fingerprint density at radius 1 is 1.73 bits per heavy atom. The molecule has 1 aromatic heterocycles. The first kappa shape index (κ1) is 7.85. The molecule has 2 N–H and O–H groups in total. The standard InChI is InChI=1S/C8H13N3/c1-4-6(2)11-5-8(9)10-7(11)3/h4-5H,9H2,1-3H3. The molecular weight excluding hydrogens is 138 g/mol. The van der Waals surface area contributed by atoms with Crippen LogP contribution in [0.2, 0.25) is 0 Å². The molecule has 0 aliphatic carbocycles. The second-order valence-electron chi connectivity index (χ2n) is 2.51. The van der Waals surface area contributed by atoms with Crippen molar-refractivity contribution in [1.82, 2.24) is 9.55 Å². The molecule has 3 heteroatoms. The number of imidazole rings is 1. The molecule has 0 spiro atoms. The van der Waals surface area contributed by atoms with Crippen LogP contribution < -0.4 is 5.73 Å². The zero-order valence-electron chi connectivity index (χ0n) is 7.13. The smallest absolute Gasteiger partial charge is 0.142 e. The predicted octanol–water partition coefficient (Wildman–Crippen LogP) is 1.65. The van der Waals surface area contributed by atoms with Crippen LogP contribution in [-0.2, 0) is 0 Å². The molecular formula is C8H13N3. The number of aromatic nitrogens is 2. The van der Waals surface area contributed by atoms with Gasteiger partial charge in [-0.1, -0.05) is 6.08 Å². The summed E-state index contributed by atoms with van der Waals surface area (Å²) >= 11 is 0. The number of anilines is 1. The lowest BCUT2D eigenvalue weighted by Gasteiger charge is -2.01. The summed E-state index contributed by atoms with van der Waals surface area (Å²) in [5.41, 5.74) is 6.66. The van der Waals surface area contributed by atoms with E-state index in [9.17, 15) is 0 Å². The van der Waals surface area contributed by atoms with E-state index < -0.39 is 0 Å². The lowest BCUT2D eigenvalue weighted by Crippen LogP contribution is -1.93. The summed E-state index contributed by atoms with van der Waals surface area (Å²) in [6.07, 6.45) is 3.85. The predicted molar refractivity (Wildman–Crippen MR) is 47.0 cm³/mol. The molecule has 3 nitrogen and oxygen atoms in total. The molecule has 1 heterocycles. The average Bonchev–Trinajstić information content (AvgIpc) is 2.28. The quantitative estimate of drug-likeness (QED) is 0.663. The third-order valence-electron chi connectivity index (χ3n) is 1.70. The Labute approximate surface area is 66.5 Å². The molecule has 0 aliphatic rings. The van der Waals surface area contributed by atoms with E-state index in [1.165, 1.54) is 0 Å². The Morgan fingerprint density at radius 3 is 2.73 bits per heavy atom. The lowest BCUT2D eigenvalue weighted by molar-refractivity contribution is 0.987. The maximum atomic E-state index is 5.51. The summed E-state index contributed by atoms with van der Waals surface area (Å²) in [6.45, 7) is 5.95. The maximum Gasteiger partial charge on any atom is 0.142 e. The van der Waals surface area contributed by atoms with Crippen molar-refractivity contribution >= 4 is 11.5 Å². The minimum Gasteiger partial charge on any atom is -0.382 e. The molecule has 0 aromatic carbocycles. The first-order valence-electron chi connectivity index (χ1n) is 3.60. The molecule has 1 aromatic rings. The zero-order valence-corrected chi connectivity index (χ0v) is 7.13. The molecule has 0 amide bonds. The van der Waals surface area contributed by atoms with Crippen LogP contribution in [0.3, 0.4) is 0 Å². The summed E-state index contributed by atoms with van der Waals surface area (Å²) in [6, 6.07) is 0. The van der Waals surface area contributed by atoms with Crippen molar-refractivity contribution in [2.24, 2.45) is 0 Å². The lowest BCUT2D eigenvalue weighted by atomic mass is 10.4. The van der Waals surface area contributed by atoms with Gasteiger partial charge < -0.3 is 10.3 Å². The van der Waals surface area contributed by atoms with Crippen molar-refractivity contribution in [3.8, 4) is 0 Å². The van der Waals surface area contributed by atoms with E-state index >= 15 is 0 Å². The first-order valence-corrected chi connectivity index (χ1v) is 3.60. The second kappa shape index (κ2) is 2.78. The van der Waals surface area contributed by atoms with Gasteiger partial charge in [-0.2, -0.15) is 0 Å². The van der Waals surface area contributed by atoms with Gasteiger partial charge in [0.2, 0.25) is 0 Å². The zero-order chi connectivity index (χ0) is 8.43. The minimum absolute atomic E-state index is 0.573. The monoisotopic (exact) mass is 151 g/mol. The van der Waals surface area contributed by atoms with Crippen molar-refractivity contribution in [3.05, 3.63) is 18.1 Å². The van der Waals surface area contributed by atoms with Crippen LogP contribution in [0.5, 0.6) is 0 Å². The average molecular weight is 151 g/mol. The topological polar surface area (TPSA) is 43.8 Å². The molecule has 0 bridgehead atoms. The highest BCUT2D eigenvalue weighted by molar-refractivity contribution is 5.46. The molecule has 0 atom stereocenters. The number of nitrogens with two attached hydrogens (primary N) is 1. The van der Waals surface area contributed by atoms with Crippen LogP contribution in [0.4, 0.5) is 5.82 Å². The van der Waals surface area contributed by atoms with Gasteiger partial charge in [-0.25, -0.2) is 4.98 Å². The maximum absolute atomic E-state index is 5.51. The third-order valence-corrected chi connectivity index (χ3v) is 1.70. The molecule has 0 aliphatic heterocycles. The molecule has 0 radical (unpaired) electrons. The second-order valence-corrected chi connectivity index (χ2v) is 2.51. The Morgan fingerprint density at radius 2 is 2.36 bits per heavy atom. The third kappa shape index (κ3) is 1.42.